The van der Waals surface area contributed by atoms with Gasteiger partial charge in [-0.1, -0.05) is 45.9 Å². The van der Waals surface area contributed by atoms with Gasteiger partial charge in [-0.05, 0) is 24.0 Å². The van der Waals surface area contributed by atoms with E-state index in [2.05, 4.69) is 10.4 Å². The number of carbonyl (C=O) groups is 2. The van der Waals surface area contributed by atoms with Crippen LogP contribution in [0, 0.1) is 11.8 Å². The van der Waals surface area contributed by atoms with Crippen LogP contribution in [-0.4, -0.2) is 39.4 Å². The average Bonchev–Trinajstić information content (AvgIpc) is 3.02. The van der Waals surface area contributed by atoms with Gasteiger partial charge in [0.2, 0.25) is 0 Å². The lowest BCUT2D eigenvalue weighted by molar-refractivity contribution is -0.140. The summed E-state index contributed by atoms with van der Waals surface area (Å²) >= 11 is 0. The Hall–Kier alpha value is -2.83. The summed E-state index contributed by atoms with van der Waals surface area (Å²) in [4.78, 5) is 24.0. The third-order valence-electron chi connectivity index (χ3n) is 3.71. The number of para-hydroxylation sites is 1. The Morgan fingerprint density at radius 1 is 1.19 bits per heavy atom. The van der Waals surface area contributed by atoms with Gasteiger partial charge in [-0.3, -0.25) is 4.79 Å². The van der Waals surface area contributed by atoms with Crippen molar-refractivity contribution in [3.63, 3.8) is 0 Å². The molecule has 2 rings (SSSR count). The fraction of sp³-hybridized carbons (Fsp3) is 0.421. The third-order valence-corrected chi connectivity index (χ3v) is 3.71. The maximum absolute atomic E-state index is 12.6. The Bertz CT molecular complexity index is 753. The predicted molar refractivity (Wildman–Crippen MR) is 97.6 cm³/mol. The fourth-order valence-corrected chi connectivity index (χ4v) is 2.31. The molecule has 0 spiro atoms. The Kier molecular flexibility index (Phi) is 6.38. The number of carboxylic acids is 1. The van der Waals surface area contributed by atoms with Gasteiger partial charge in [0.25, 0.3) is 5.91 Å². The van der Waals surface area contributed by atoms with Crippen molar-refractivity contribution in [3.05, 3.63) is 42.2 Å². The highest BCUT2D eigenvalue weighted by atomic mass is 16.5. The van der Waals surface area contributed by atoms with Gasteiger partial charge in [-0.15, -0.1) is 0 Å². The number of nitrogens with zero attached hydrogens (tertiary/aromatic N) is 2. The van der Waals surface area contributed by atoms with Crippen LogP contribution in [0.4, 0.5) is 0 Å². The molecular formula is C19H25N3O4. The molecule has 0 aliphatic rings. The van der Waals surface area contributed by atoms with E-state index >= 15 is 0 Å². The number of aliphatic carboxylic acids is 1. The molecule has 0 unspecified atom stereocenters. The summed E-state index contributed by atoms with van der Waals surface area (Å²) in [6.45, 7) is 7.89. The lowest BCUT2D eigenvalue weighted by Crippen LogP contribution is -2.44. The van der Waals surface area contributed by atoms with Crippen molar-refractivity contribution in [2.45, 2.75) is 33.7 Å². The molecule has 2 N–H and O–H groups in total. The second-order valence-electron chi connectivity index (χ2n) is 6.86. The highest BCUT2D eigenvalue weighted by Crippen LogP contribution is 2.21. The second kappa shape index (κ2) is 8.51. The van der Waals surface area contributed by atoms with Gasteiger partial charge in [0.15, 0.2) is 11.4 Å². The van der Waals surface area contributed by atoms with E-state index < -0.39 is 17.9 Å². The molecule has 1 amide bonds. The summed E-state index contributed by atoms with van der Waals surface area (Å²) in [5.74, 6) is -1.31. The molecule has 0 fully saturated rings. The number of amides is 1. The summed E-state index contributed by atoms with van der Waals surface area (Å²) in [6.07, 6.45) is 1.64. The van der Waals surface area contributed by atoms with Crippen LogP contribution in [0.5, 0.6) is 5.75 Å². The maximum atomic E-state index is 12.6. The Labute approximate surface area is 153 Å². The molecule has 0 saturated carbocycles. The maximum Gasteiger partial charge on any atom is 0.326 e. The number of nitrogens with one attached hydrogen (secondary N) is 1. The van der Waals surface area contributed by atoms with Gasteiger partial charge < -0.3 is 15.2 Å². The largest absolute Gasteiger partial charge is 0.489 e. The minimum atomic E-state index is -1.08. The van der Waals surface area contributed by atoms with Crippen molar-refractivity contribution in [2.75, 3.05) is 6.61 Å². The number of carboxylic acid groups (broad SMARTS) is 1. The van der Waals surface area contributed by atoms with Crippen molar-refractivity contribution in [3.8, 4) is 11.4 Å². The first-order valence-corrected chi connectivity index (χ1v) is 8.61. The number of aromatic nitrogens is 2. The van der Waals surface area contributed by atoms with E-state index in [1.807, 2.05) is 44.2 Å². The van der Waals surface area contributed by atoms with Crippen molar-refractivity contribution in [2.24, 2.45) is 11.8 Å². The topological polar surface area (TPSA) is 93.5 Å². The zero-order valence-electron chi connectivity index (χ0n) is 15.5. The van der Waals surface area contributed by atoms with Gasteiger partial charge in [0.05, 0.1) is 18.5 Å². The van der Waals surface area contributed by atoms with E-state index in [9.17, 15) is 14.7 Å². The summed E-state index contributed by atoms with van der Waals surface area (Å²) in [5, 5.41) is 16.1. The number of benzene rings is 1. The molecule has 0 bridgehead atoms. The highest BCUT2D eigenvalue weighted by molar-refractivity contribution is 5.97. The molecule has 7 nitrogen and oxygen atoms in total. The van der Waals surface area contributed by atoms with Crippen LogP contribution >= 0.6 is 0 Å². The molecule has 1 atom stereocenters. The molecule has 140 valence electrons. The average molecular weight is 359 g/mol. The first-order valence-electron chi connectivity index (χ1n) is 8.61. The molecule has 0 saturated heterocycles. The third kappa shape index (κ3) is 4.84. The SMILES string of the molecule is CC(C)COc1cn(-c2ccccc2)nc1C(=O)N[C@H](C(=O)O)C(C)C. The van der Waals surface area contributed by atoms with Crippen LogP contribution in [0.15, 0.2) is 36.5 Å². The summed E-state index contributed by atoms with van der Waals surface area (Å²) < 4.78 is 7.28. The molecule has 0 aliphatic carbocycles. The Morgan fingerprint density at radius 3 is 2.38 bits per heavy atom. The number of ether oxygens (including phenoxy) is 1. The number of hydrogen-bond acceptors (Lipinski definition) is 4. The van der Waals surface area contributed by atoms with Crippen molar-refractivity contribution < 1.29 is 19.4 Å². The summed E-state index contributed by atoms with van der Waals surface area (Å²) in [6, 6.07) is 8.33. The van der Waals surface area contributed by atoms with Crippen LogP contribution in [0.2, 0.25) is 0 Å². The Morgan fingerprint density at radius 2 is 1.85 bits per heavy atom. The van der Waals surface area contributed by atoms with Crippen molar-refractivity contribution in [1.82, 2.24) is 15.1 Å². The predicted octanol–water partition coefficient (Wildman–Crippen LogP) is 2.75. The normalized spacial score (nSPS) is 12.2. The minimum absolute atomic E-state index is 0.0707. The zero-order chi connectivity index (χ0) is 19.3. The van der Waals surface area contributed by atoms with E-state index in [0.717, 1.165) is 5.69 Å². The van der Waals surface area contributed by atoms with E-state index in [-0.39, 0.29) is 17.5 Å². The van der Waals surface area contributed by atoms with Gasteiger partial charge >= 0.3 is 5.97 Å². The van der Waals surface area contributed by atoms with Gasteiger partial charge in [0.1, 0.15) is 6.04 Å². The quantitative estimate of drug-likeness (QED) is 0.756. The molecule has 2 aromatic rings. The van der Waals surface area contributed by atoms with Crippen LogP contribution in [0.3, 0.4) is 0 Å². The second-order valence-corrected chi connectivity index (χ2v) is 6.86. The molecule has 1 aromatic heterocycles. The molecule has 26 heavy (non-hydrogen) atoms. The summed E-state index contributed by atoms with van der Waals surface area (Å²) in [5.41, 5.74) is 0.848. The highest BCUT2D eigenvalue weighted by Gasteiger charge is 2.27. The van der Waals surface area contributed by atoms with E-state index in [0.29, 0.717) is 12.4 Å². The van der Waals surface area contributed by atoms with Crippen LogP contribution < -0.4 is 10.1 Å². The van der Waals surface area contributed by atoms with Crippen molar-refractivity contribution in [1.29, 1.82) is 0 Å². The molecule has 1 heterocycles. The lowest BCUT2D eigenvalue weighted by Gasteiger charge is -2.17. The van der Waals surface area contributed by atoms with Gasteiger partial charge in [-0.25, -0.2) is 9.48 Å². The minimum Gasteiger partial charge on any atom is -0.489 e. The molecule has 0 aliphatic heterocycles. The number of carbonyl (C=O) groups excluding carboxylic acids is 1. The fourth-order valence-electron chi connectivity index (χ4n) is 2.31. The zero-order valence-corrected chi connectivity index (χ0v) is 15.5. The standard InChI is InChI=1S/C19H25N3O4/c1-12(2)11-26-15-10-22(14-8-6-5-7-9-14)21-17(15)18(23)20-16(13(3)4)19(24)25/h5-10,12-13,16H,11H2,1-4H3,(H,20,23)(H,24,25)/t16-/m0/s1. The number of rotatable bonds is 8. The van der Waals surface area contributed by atoms with Crippen LogP contribution in [0.1, 0.15) is 38.2 Å². The summed E-state index contributed by atoms with van der Waals surface area (Å²) in [7, 11) is 0. The van der Waals surface area contributed by atoms with Crippen LogP contribution in [-0.2, 0) is 4.79 Å². The van der Waals surface area contributed by atoms with Crippen LogP contribution in [0.25, 0.3) is 5.69 Å². The monoisotopic (exact) mass is 359 g/mol. The number of hydrogen-bond donors (Lipinski definition) is 2. The smallest absolute Gasteiger partial charge is 0.326 e. The molecule has 1 aromatic carbocycles. The first-order chi connectivity index (χ1) is 12.3. The molecule has 7 heteroatoms. The van der Waals surface area contributed by atoms with Crippen molar-refractivity contribution >= 4 is 11.9 Å². The molecular weight excluding hydrogens is 334 g/mol. The van der Waals surface area contributed by atoms with Gasteiger partial charge in [-0.2, -0.15) is 5.10 Å². The first kappa shape index (κ1) is 19.5. The van der Waals surface area contributed by atoms with E-state index in [1.165, 1.54) is 0 Å². The van der Waals surface area contributed by atoms with E-state index in [4.69, 9.17) is 4.74 Å². The van der Waals surface area contributed by atoms with Gasteiger partial charge in [0, 0.05) is 0 Å². The Balaban J connectivity index is 2.33. The lowest BCUT2D eigenvalue weighted by atomic mass is 10.0. The molecule has 0 radical (unpaired) electrons. The van der Waals surface area contributed by atoms with E-state index in [1.54, 1.807) is 24.7 Å².